The van der Waals surface area contributed by atoms with Crippen molar-refractivity contribution in [2.24, 2.45) is 7.05 Å². The molecule has 1 fully saturated rings. The lowest BCUT2D eigenvalue weighted by atomic mass is 9.92. The molecule has 1 atom stereocenters. The van der Waals surface area contributed by atoms with E-state index in [2.05, 4.69) is 16.5 Å². The van der Waals surface area contributed by atoms with Gasteiger partial charge >= 0.3 is 0 Å². The zero-order chi connectivity index (χ0) is 17.4. The molecule has 0 amide bonds. The summed E-state index contributed by atoms with van der Waals surface area (Å²) in [6, 6.07) is 2.73. The molecule has 0 saturated carbocycles. The Morgan fingerprint density at radius 1 is 1.28 bits per heavy atom. The minimum Gasteiger partial charge on any atom is -0.469 e. The highest BCUT2D eigenvalue weighted by Crippen LogP contribution is 2.32. The van der Waals surface area contributed by atoms with Gasteiger partial charge in [-0.1, -0.05) is 0 Å². The maximum absolute atomic E-state index is 12.7. The lowest BCUT2D eigenvalue weighted by Crippen LogP contribution is -2.46. The number of aromatic nitrogens is 2. The highest BCUT2D eigenvalue weighted by atomic mass is 32.2. The third-order valence-corrected chi connectivity index (χ3v) is 7.11. The number of furan rings is 1. The van der Waals surface area contributed by atoms with Gasteiger partial charge in [-0.2, -0.15) is 9.40 Å². The summed E-state index contributed by atoms with van der Waals surface area (Å²) >= 11 is 0. The molecule has 8 heteroatoms. The molecule has 3 heterocycles. The average molecular weight is 364 g/mol. The SMILES string of the molecule is Cn1cc(S(=O)(=O)N2CCC(NC3CCCc4occc43)CC2)cn1. The minimum atomic E-state index is -3.43. The van der Waals surface area contributed by atoms with Gasteiger partial charge in [0.15, 0.2) is 0 Å². The lowest BCUT2D eigenvalue weighted by Gasteiger charge is -2.34. The van der Waals surface area contributed by atoms with Crippen LogP contribution in [0.25, 0.3) is 0 Å². The summed E-state index contributed by atoms with van der Waals surface area (Å²) in [5.41, 5.74) is 1.27. The van der Waals surface area contributed by atoms with Crippen LogP contribution in [0.15, 0.2) is 34.0 Å². The fourth-order valence-corrected chi connectivity index (χ4v) is 5.34. The normalized spacial score (nSPS) is 22.8. The summed E-state index contributed by atoms with van der Waals surface area (Å²) in [6.07, 6.45) is 9.65. The fraction of sp³-hybridized carbons (Fsp3) is 0.588. The van der Waals surface area contributed by atoms with Crippen LogP contribution in [0, 0.1) is 0 Å². The standard InChI is InChI=1S/C17H24N4O3S/c1-20-12-14(11-18-20)25(22,23)21-8-5-13(6-9-21)19-16-3-2-4-17-15(16)7-10-24-17/h7,10-13,16,19H,2-6,8-9H2,1H3. The van der Waals surface area contributed by atoms with Gasteiger partial charge < -0.3 is 9.73 Å². The molecule has 2 aromatic heterocycles. The number of aryl methyl sites for hydroxylation is 2. The van der Waals surface area contributed by atoms with Gasteiger partial charge in [-0.05, 0) is 31.7 Å². The second-order valence-electron chi connectivity index (χ2n) is 6.94. The molecule has 0 radical (unpaired) electrons. The Kier molecular flexibility index (Phi) is 4.43. The van der Waals surface area contributed by atoms with Crippen LogP contribution in [0.4, 0.5) is 0 Å². The molecular formula is C17H24N4O3S. The third-order valence-electron chi connectivity index (χ3n) is 5.26. The number of piperidine rings is 1. The van der Waals surface area contributed by atoms with E-state index in [9.17, 15) is 8.42 Å². The molecule has 7 nitrogen and oxygen atoms in total. The first kappa shape index (κ1) is 16.8. The lowest BCUT2D eigenvalue weighted by molar-refractivity contribution is 0.263. The molecule has 1 aliphatic carbocycles. The van der Waals surface area contributed by atoms with Gasteiger partial charge in [0.05, 0.1) is 12.5 Å². The number of hydrogen-bond donors (Lipinski definition) is 1. The summed E-state index contributed by atoms with van der Waals surface area (Å²) in [7, 11) is -1.70. The van der Waals surface area contributed by atoms with Crippen LogP contribution in [0.2, 0.25) is 0 Å². The van der Waals surface area contributed by atoms with E-state index in [4.69, 9.17) is 4.42 Å². The molecule has 2 aromatic rings. The quantitative estimate of drug-likeness (QED) is 0.895. The summed E-state index contributed by atoms with van der Waals surface area (Å²) in [6.45, 7) is 1.08. The summed E-state index contributed by atoms with van der Waals surface area (Å²) in [5, 5.41) is 7.69. The summed E-state index contributed by atoms with van der Waals surface area (Å²) < 4.78 is 34.0. The predicted octanol–water partition coefficient (Wildman–Crippen LogP) is 1.83. The van der Waals surface area contributed by atoms with E-state index in [-0.39, 0.29) is 4.90 Å². The van der Waals surface area contributed by atoms with Crippen molar-refractivity contribution >= 4 is 10.0 Å². The maximum Gasteiger partial charge on any atom is 0.246 e. The maximum atomic E-state index is 12.7. The Bertz CT molecular complexity index is 834. The molecule has 4 rings (SSSR count). The van der Waals surface area contributed by atoms with Crippen LogP contribution in [0.1, 0.15) is 43.0 Å². The van der Waals surface area contributed by atoms with Gasteiger partial charge in [0, 0.05) is 50.4 Å². The Hall–Kier alpha value is -1.64. The molecule has 1 unspecified atom stereocenters. The average Bonchev–Trinajstić information content (AvgIpc) is 3.25. The highest BCUT2D eigenvalue weighted by molar-refractivity contribution is 7.89. The van der Waals surface area contributed by atoms with Gasteiger partial charge in [0.2, 0.25) is 10.0 Å². The minimum absolute atomic E-state index is 0.275. The van der Waals surface area contributed by atoms with E-state index < -0.39 is 10.0 Å². The molecule has 1 saturated heterocycles. The van der Waals surface area contributed by atoms with Gasteiger partial charge in [0.25, 0.3) is 0 Å². The summed E-state index contributed by atoms with van der Waals surface area (Å²) in [4.78, 5) is 0.275. The first-order chi connectivity index (χ1) is 12.0. The molecule has 2 aliphatic rings. The second-order valence-corrected chi connectivity index (χ2v) is 8.88. The van der Waals surface area contributed by atoms with Crippen LogP contribution in [-0.2, 0) is 23.5 Å². The van der Waals surface area contributed by atoms with Crippen molar-refractivity contribution in [3.8, 4) is 0 Å². The number of hydrogen-bond acceptors (Lipinski definition) is 5. The summed E-state index contributed by atoms with van der Waals surface area (Å²) in [5.74, 6) is 1.10. The number of sulfonamides is 1. The Morgan fingerprint density at radius 2 is 2.08 bits per heavy atom. The van der Waals surface area contributed by atoms with Crippen molar-refractivity contribution in [1.82, 2.24) is 19.4 Å². The Morgan fingerprint density at radius 3 is 2.80 bits per heavy atom. The second kappa shape index (κ2) is 6.59. The van der Waals surface area contributed by atoms with Gasteiger partial charge in [-0.25, -0.2) is 8.42 Å². The van der Waals surface area contributed by atoms with E-state index in [1.165, 1.54) is 16.4 Å². The number of fused-ring (bicyclic) bond motifs is 1. The largest absolute Gasteiger partial charge is 0.469 e. The zero-order valence-electron chi connectivity index (χ0n) is 14.4. The van der Waals surface area contributed by atoms with E-state index in [1.807, 2.05) is 0 Å². The Labute approximate surface area is 148 Å². The number of rotatable bonds is 4. The van der Waals surface area contributed by atoms with Crippen LogP contribution in [-0.4, -0.2) is 41.6 Å². The molecule has 1 N–H and O–H groups in total. The van der Waals surface area contributed by atoms with Crippen LogP contribution >= 0.6 is 0 Å². The first-order valence-electron chi connectivity index (χ1n) is 8.85. The highest BCUT2D eigenvalue weighted by Gasteiger charge is 2.32. The molecule has 0 aromatic carbocycles. The Balaban J connectivity index is 1.38. The molecular weight excluding hydrogens is 340 g/mol. The van der Waals surface area contributed by atoms with Crippen LogP contribution < -0.4 is 5.32 Å². The van der Waals surface area contributed by atoms with E-state index in [0.717, 1.165) is 37.9 Å². The van der Waals surface area contributed by atoms with Crippen LogP contribution in [0.3, 0.4) is 0 Å². The molecule has 0 spiro atoms. The topological polar surface area (TPSA) is 80.4 Å². The third kappa shape index (κ3) is 3.26. The first-order valence-corrected chi connectivity index (χ1v) is 10.3. The van der Waals surface area contributed by atoms with E-state index in [1.54, 1.807) is 23.8 Å². The van der Waals surface area contributed by atoms with Crippen molar-refractivity contribution in [1.29, 1.82) is 0 Å². The van der Waals surface area contributed by atoms with Gasteiger partial charge in [-0.15, -0.1) is 0 Å². The van der Waals surface area contributed by atoms with Crippen molar-refractivity contribution in [2.45, 2.75) is 49.1 Å². The number of nitrogens with one attached hydrogen (secondary N) is 1. The molecule has 1 aliphatic heterocycles. The smallest absolute Gasteiger partial charge is 0.246 e. The monoisotopic (exact) mass is 364 g/mol. The predicted molar refractivity (Wildman–Crippen MR) is 92.5 cm³/mol. The fourth-order valence-electron chi connectivity index (χ4n) is 3.89. The van der Waals surface area contributed by atoms with Crippen molar-refractivity contribution < 1.29 is 12.8 Å². The van der Waals surface area contributed by atoms with E-state index >= 15 is 0 Å². The van der Waals surface area contributed by atoms with Crippen LogP contribution in [0.5, 0.6) is 0 Å². The van der Waals surface area contributed by atoms with Crippen molar-refractivity contribution in [3.05, 3.63) is 36.0 Å². The molecule has 136 valence electrons. The van der Waals surface area contributed by atoms with Crippen molar-refractivity contribution in [3.63, 3.8) is 0 Å². The van der Waals surface area contributed by atoms with Gasteiger partial charge in [0.1, 0.15) is 10.7 Å². The number of nitrogens with zero attached hydrogens (tertiary/aromatic N) is 3. The molecule has 25 heavy (non-hydrogen) atoms. The molecule has 0 bridgehead atoms. The van der Waals surface area contributed by atoms with Gasteiger partial charge in [-0.3, -0.25) is 4.68 Å². The zero-order valence-corrected chi connectivity index (χ0v) is 15.2. The van der Waals surface area contributed by atoms with Crippen molar-refractivity contribution in [2.75, 3.05) is 13.1 Å². The van der Waals surface area contributed by atoms with E-state index in [0.29, 0.717) is 25.2 Å².